The molecule has 2 atom stereocenters. The smallest absolute Gasteiger partial charge is 0.224 e. The number of para-hydroxylation sites is 1. The second kappa shape index (κ2) is 7.04. The van der Waals surface area contributed by atoms with Crippen molar-refractivity contribution in [3.63, 3.8) is 0 Å². The van der Waals surface area contributed by atoms with Crippen molar-refractivity contribution in [2.45, 2.75) is 18.9 Å². The summed E-state index contributed by atoms with van der Waals surface area (Å²) in [6, 6.07) is 16.0. The van der Waals surface area contributed by atoms with Gasteiger partial charge in [-0.2, -0.15) is 0 Å². The van der Waals surface area contributed by atoms with Gasteiger partial charge in [0.25, 0.3) is 0 Å². The fourth-order valence-corrected chi connectivity index (χ4v) is 3.36. The van der Waals surface area contributed by atoms with Gasteiger partial charge in [0, 0.05) is 30.5 Å². The van der Waals surface area contributed by atoms with E-state index in [-0.39, 0.29) is 17.7 Å². The van der Waals surface area contributed by atoms with Crippen LogP contribution >= 0.6 is 0 Å². The van der Waals surface area contributed by atoms with E-state index in [1.807, 2.05) is 53.2 Å². The van der Waals surface area contributed by atoms with Gasteiger partial charge in [0.2, 0.25) is 5.91 Å². The molecule has 1 fully saturated rings. The Kier molecular flexibility index (Phi) is 4.44. The first-order chi connectivity index (χ1) is 12.8. The van der Waals surface area contributed by atoms with E-state index in [1.54, 1.807) is 19.6 Å². The zero-order chi connectivity index (χ0) is 17.9. The van der Waals surface area contributed by atoms with Gasteiger partial charge in [0.1, 0.15) is 5.75 Å². The topological polar surface area (TPSA) is 56.1 Å². The van der Waals surface area contributed by atoms with Crippen molar-refractivity contribution >= 4 is 5.91 Å². The number of rotatable bonds is 6. The lowest BCUT2D eigenvalue weighted by Gasteiger charge is -2.09. The Morgan fingerprint density at radius 3 is 2.96 bits per heavy atom. The van der Waals surface area contributed by atoms with E-state index in [9.17, 15) is 4.79 Å². The summed E-state index contributed by atoms with van der Waals surface area (Å²) < 4.78 is 7.36. The molecule has 0 aliphatic heterocycles. The molecule has 0 radical (unpaired) electrons. The lowest BCUT2D eigenvalue weighted by atomic mass is 10.1. The number of nitrogens with zero attached hydrogens (tertiary/aromatic N) is 2. The maximum atomic E-state index is 12.5. The molecule has 0 bridgehead atoms. The van der Waals surface area contributed by atoms with Crippen molar-refractivity contribution in [2.75, 3.05) is 7.11 Å². The first kappa shape index (κ1) is 16.4. The molecule has 1 amide bonds. The average molecular weight is 347 g/mol. The largest absolute Gasteiger partial charge is 0.496 e. The molecule has 3 aromatic rings. The SMILES string of the molecule is COc1ccccc1C1CC1C(=O)NCc1cccc(-n2ccnc2)c1. The minimum absolute atomic E-state index is 0.0307. The van der Waals surface area contributed by atoms with Crippen LogP contribution in [0.2, 0.25) is 0 Å². The predicted molar refractivity (Wildman–Crippen MR) is 99.3 cm³/mol. The van der Waals surface area contributed by atoms with Crippen LogP contribution in [0.4, 0.5) is 0 Å². The number of hydrogen-bond acceptors (Lipinski definition) is 3. The van der Waals surface area contributed by atoms with Gasteiger partial charge in [-0.1, -0.05) is 30.3 Å². The minimum atomic E-state index is 0.0307. The molecule has 26 heavy (non-hydrogen) atoms. The normalized spacial score (nSPS) is 18.3. The van der Waals surface area contributed by atoms with Crippen molar-refractivity contribution in [1.82, 2.24) is 14.9 Å². The maximum Gasteiger partial charge on any atom is 0.224 e. The molecule has 2 unspecified atom stereocenters. The Morgan fingerprint density at radius 1 is 1.27 bits per heavy atom. The number of carbonyl (C=O) groups is 1. The Hall–Kier alpha value is -3.08. The van der Waals surface area contributed by atoms with Gasteiger partial charge in [-0.25, -0.2) is 4.98 Å². The van der Waals surface area contributed by atoms with Crippen molar-refractivity contribution in [1.29, 1.82) is 0 Å². The second-order valence-corrected chi connectivity index (χ2v) is 6.55. The second-order valence-electron chi connectivity index (χ2n) is 6.55. The van der Waals surface area contributed by atoms with Crippen LogP contribution < -0.4 is 10.1 Å². The molecule has 5 heteroatoms. The van der Waals surface area contributed by atoms with Crippen LogP contribution in [-0.2, 0) is 11.3 Å². The van der Waals surface area contributed by atoms with E-state index in [0.717, 1.165) is 29.0 Å². The van der Waals surface area contributed by atoms with Crippen LogP contribution in [-0.4, -0.2) is 22.6 Å². The van der Waals surface area contributed by atoms with Gasteiger partial charge in [0.05, 0.1) is 13.4 Å². The van der Waals surface area contributed by atoms with Crippen LogP contribution in [0.25, 0.3) is 5.69 Å². The third kappa shape index (κ3) is 3.33. The Labute approximate surface area is 152 Å². The first-order valence-corrected chi connectivity index (χ1v) is 8.74. The highest BCUT2D eigenvalue weighted by atomic mass is 16.5. The zero-order valence-corrected chi connectivity index (χ0v) is 14.6. The molecule has 5 nitrogen and oxygen atoms in total. The van der Waals surface area contributed by atoms with Gasteiger partial charge < -0.3 is 14.6 Å². The van der Waals surface area contributed by atoms with Crippen molar-refractivity contribution in [3.8, 4) is 11.4 Å². The van der Waals surface area contributed by atoms with E-state index < -0.39 is 0 Å². The summed E-state index contributed by atoms with van der Waals surface area (Å²) in [7, 11) is 1.67. The number of hydrogen-bond donors (Lipinski definition) is 1. The molecule has 1 aliphatic rings. The molecule has 1 heterocycles. The van der Waals surface area contributed by atoms with Crippen LogP contribution in [0.5, 0.6) is 5.75 Å². The van der Waals surface area contributed by atoms with Gasteiger partial charge in [0.15, 0.2) is 0 Å². The van der Waals surface area contributed by atoms with Gasteiger partial charge in [-0.05, 0) is 41.7 Å². The number of nitrogens with one attached hydrogen (secondary N) is 1. The third-order valence-electron chi connectivity index (χ3n) is 4.85. The van der Waals surface area contributed by atoms with E-state index in [0.29, 0.717) is 6.54 Å². The quantitative estimate of drug-likeness (QED) is 0.744. The van der Waals surface area contributed by atoms with E-state index in [1.165, 1.54) is 0 Å². The molecular formula is C21H21N3O2. The van der Waals surface area contributed by atoms with Crippen LogP contribution in [0.3, 0.4) is 0 Å². The lowest BCUT2D eigenvalue weighted by molar-refractivity contribution is -0.122. The Bertz CT molecular complexity index is 905. The van der Waals surface area contributed by atoms with Crippen LogP contribution in [0.1, 0.15) is 23.5 Å². The van der Waals surface area contributed by atoms with Crippen LogP contribution in [0, 0.1) is 5.92 Å². The summed E-state index contributed by atoms with van der Waals surface area (Å²) >= 11 is 0. The molecule has 1 aromatic heterocycles. The standard InChI is InChI=1S/C21H21N3O2/c1-26-20-8-3-2-7-17(20)18-12-19(18)21(25)23-13-15-5-4-6-16(11-15)24-10-9-22-14-24/h2-11,14,18-19H,12-13H2,1H3,(H,23,25). The highest BCUT2D eigenvalue weighted by Gasteiger charge is 2.45. The average Bonchev–Trinajstić information content (AvgIpc) is 3.30. The van der Waals surface area contributed by atoms with E-state index >= 15 is 0 Å². The number of aromatic nitrogens is 2. The molecule has 4 rings (SSSR count). The number of carbonyl (C=O) groups excluding carboxylic acids is 1. The molecule has 1 N–H and O–H groups in total. The molecule has 132 valence electrons. The third-order valence-corrected chi connectivity index (χ3v) is 4.85. The van der Waals surface area contributed by atoms with E-state index in [4.69, 9.17) is 4.74 Å². The maximum absolute atomic E-state index is 12.5. The summed E-state index contributed by atoms with van der Waals surface area (Å²) in [6.07, 6.45) is 6.29. The number of ether oxygens (including phenoxy) is 1. The molecule has 2 aromatic carbocycles. The number of imidazole rings is 1. The summed E-state index contributed by atoms with van der Waals surface area (Å²) in [5.74, 6) is 1.25. The minimum Gasteiger partial charge on any atom is -0.496 e. The van der Waals surface area contributed by atoms with Gasteiger partial charge in [-0.3, -0.25) is 4.79 Å². The molecule has 1 saturated carbocycles. The Morgan fingerprint density at radius 2 is 2.15 bits per heavy atom. The highest BCUT2D eigenvalue weighted by Crippen LogP contribution is 2.50. The monoisotopic (exact) mass is 347 g/mol. The summed E-state index contributed by atoms with van der Waals surface area (Å²) in [4.78, 5) is 16.6. The molecule has 0 spiro atoms. The fourth-order valence-electron chi connectivity index (χ4n) is 3.36. The van der Waals surface area contributed by atoms with E-state index in [2.05, 4.69) is 16.4 Å². The Balaban J connectivity index is 1.37. The summed E-state index contributed by atoms with van der Waals surface area (Å²) in [5.41, 5.74) is 3.23. The van der Waals surface area contributed by atoms with Gasteiger partial charge in [-0.15, -0.1) is 0 Å². The van der Waals surface area contributed by atoms with Crippen molar-refractivity contribution in [2.24, 2.45) is 5.92 Å². The van der Waals surface area contributed by atoms with Gasteiger partial charge >= 0.3 is 0 Å². The number of amides is 1. The molecular weight excluding hydrogens is 326 g/mol. The first-order valence-electron chi connectivity index (χ1n) is 8.74. The molecule has 0 saturated heterocycles. The fraction of sp³-hybridized carbons (Fsp3) is 0.238. The summed E-state index contributed by atoms with van der Waals surface area (Å²) in [5, 5.41) is 3.07. The molecule has 1 aliphatic carbocycles. The zero-order valence-electron chi connectivity index (χ0n) is 14.6. The predicted octanol–water partition coefficient (Wildman–Crippen LogP) is 3.30. The number of methoxy groups -OCH3 is 1. The number of benzene rings is 2. The van der Waals surface area contributed by atoms with Crippen molar-refractivity contribution < 1.29 is 9.53 Å². The highest BCUT2D eigenvalue weighted by molar-refractivity contribution is 5.83. The van der Waals surface area contributed by atoms with Crippen molar-refractivity contribution in [3.05, 3.63) is 78.4 Å². The van der Waals surface area contributed by atoms with Crippen LogP contribution in [0.15, 0.2) is 67.3 Å². The lowest BCUT2D eigenvalue weighted by Crippen LogP contribution is -2.25. The summed E-state index contributed by atoms with van der Waals surface area (Å²) in [6.45, 7) is 0.524.